The number of benzene rings is 1. The van der Waals surface area contributed by atoms with Crippen molar-refractivity contribution >= 4 is 16.7 Å². The molecule has 1 atom stereocenters. The summed E-state index contributed by atoms with van der Waals surface area (Å²) in [7, 11) is 0. The Labute approximate surface area is 148 Å². The fraction of sp³-hybridized carbons (Fsp3) is 0.500. The fourth-order valence-electron chi connectivity index (χ4n) is 4.21. The van der Waals surface area contributed by atoms with E-state index in [4.69, 9.17) is 0 Å². The van der Waals surface area contributed by atoms with E-state index in [0.717, 1.165) is 36.7 Å². The molecule has 0 bridgehead atoms. The third kappa shape index (κ3) is 3.39. The predicted octanol–water partition coefficient (Wildman–Crippen LogP) is 2.30. The van der Waals surface area contributed by atoms with Gasteiger partial charge in [-0.1, -0.05) is 24.3 Å². The third-order valence-electron chi connectivity index (χ3n) is 5.44. The van der Waals surface area contributed by atoms with Crippen LogP contribution in [0, 0.1) is 0 Å². The zero-order chi connectivity index (χ0) is 17.3. The van der Waals surface area contributed by atoms with Crippen LogP contribution in [-0.2, 0) is 0 Å². The molecule has 1 aromatic heterocycles. The molecule has 5 nitrogen and oxygen atoms in total. The van der Waals surface area contributed by atoms with Crippen LogP contribution >= 0.6 is 0 Å². The highest BCUT2D eigenvalue weighted by Crippen LogP contribution is 2.26. The molecule has 2 fully saturated rings. The average molecular weight is 339 g/mol. The number of fused-ring (bicyclic) bond motifs is 1. The topological polar surface area (TPSA) is 56.7 Å². The van der Waals surface area contributed by atoms with Crippen LogP contribution in [0.25, 0.3) is 10.8 Å². The number of nitrogens with zero attached hydrogens (tertiary/aromatic N) is 3. The number of aliphatic hydroxyl groups is 1. The number of rotatable bonds is 3. The van der Waals surface area contributed by atoms with Crippen LogP contribution < -0.4 is 0 Å². The number of likely N-dealkylation sites (tertiary alicyclic amines) is 2. The maximum absolute atomic E-state index is 13.1. The number of hydrogen-bond acceptors (Lipinski definition) is 4. The van der Waals surface area contributed by atoms with Crippen LogP contribution in [0.3, 0.4) is 0 Å². The van der Waals surface area contributed by atoms with Crippen molar-refractivity contribution < 1.29 is 9.90 Å². The van der Waals surface area contributed by atoms with Crippen molar-refractivity contribution in [2.24, 2.45) is 0 Å². The predicted molar refractivity (Wildman–Crippen MR) is 97.5 cm³/mol. The highest BCUT2D eigenvalue weighted by atomic mass is 16.3. The number of β-amino-alcohol motifs (C(OH)–C–C–N with tert-alkyl or cyclic N) is 1. The molecule has 0 unspecified atom stereocenters. The molecule has 1 amide bonds. The molecule has 2 saturated heterocycles. The normalized spacial score (nSPS) is 24.8. The Bertz CT molecular complexity index is 767. The lowest BCUT2D eigenvalue weighted by atomic mass is 9.91. The zero-order valence-electron chi connectivity index (χ0n) is 14.5. The van der Waals surface area contributed by atoms with Gasteiger partial charge in [-0.05, 0) is 50.2 Å². The van der Waals surface area contributed by atoms with Crippen LogP contribution in [0.1, 0.15) is 36.2 Å². The third-order valence-corrected chi connectivity index (χ3v) is 5.44. The minimum atomic E-state index is -0.803. The molecule has 0 radical (unpaired) electrons. The monoisotopic (exact) mass is 339 g/mol. The van der Waals surface area contributed by atoms with Gasteiger partial charge in [0.15, 0.2) is 0 Å². The van der Waals surface area contributed by atoms with E-state index in [2.05, 4.69) is 9.88 Å². The summed E-state index contributed by atoms with van der Waals surface area (Å²) < 4.78 is 0. The number of carbonyl (C=O) groups excluding carboxylic acids is 1. The zero-order valence-corrected chi connectivity index (χ0v) is 14.5. The number of pyridine rings is 1. The van der Waals surface area contributed by atoms with Gasteiger partial charge in [0, 0.05) is 24.7 Å². The van der Waals surface area contributed by atoms with Crippen LogP contribution in [0.15, 0.2) is 36.5 Å². The number of hydrogen-bond donors (Lipinski definition) is 1. The van der Waals surface area contributed by atoms with E-state index in [0.29, 0.717) is 25.3 Å². The molecule has 1 aromatic carbocycles. The molecule has 132 valence electrons. The number of amides is 1. The molecule has 4 rings (SSSR count). The molecule has 0 spiro atoms. The van der Waals surface area contributed by atoms with Gasteiger partial charge in [-0.2, -0.15) is 0 Å². The van der Waals surface area contributed by atoms with Gasteiger partial charge >= 0.3 is 0 Å². The summed E-state index contributed by atoms with van der Waals surface area (Å²) in [6.07, 6.45) is 5.70. The molecule has 2 aliphatic heterocycles. The number of aromatic nitrogens is 1. The van der Waals surface area contributed by atoms with Crippen molar-refractivity contribution in [3.63, 3.8) is 0 Å². The average Bonchev–Trinajstić information content (AvgIpc) is 3.13. The van der Waals surface area contributed by atoms with Gasteiger partial charge in [0.1, 0.15) is 5.69 Å². The van der Waals surface area contributed by atoms with Crippen molar-refractivity contribution in [2.45, 2.75) is 31.3 Å². The quantitative estimate of drug-likeness (QED) is 0.932. The highest BCUT2D eigenvalue weighted by molar-refractivity contribution is 6.05. The van der Waals surface area contributed by atoms with Gasteiger partial charge in [0.25, 0.3) is 5.91 Å². The minimum Gasteiger partial charge on any atom is -0.387 e. The summed E-state index contributed by atoms with van der Waals surface area (Å²) in [5.74, 6) is -0.0728. The van der Waals surface area contributed by atoms with E-state index in [1.54, 1.807) is 11.1 Å². The summed E-state index contributed by atoms with van der Waals surface area (Å²) in [4.78, 5) is 21.5. The Hall–Kier alpha value is -1.98. The second kappa shape index (κ2) is 6.73. The lowest BCUT2D eigenvalue weighted by molar-refractivity contribution is -0.0431. The van der Waals surface area contributed by atoms with Crippen molar-refractivity contribution in [3.8, 4) is 0 Å². The molecule has 5 heteroatoms. The Morgan fingerprint density at radius 3 is 2.76 bits per heavy atom. The molecule has 3 heterocycles. The maximum atomic E-state index is 13.1. The van der Waals surface area contributed by atoms with Gasteiger partial charge < -0.3 is 14.9 Å². The molecule has 0 aliphatic carbocycles. The highest BCUT2D eigenvalue weighted by Gasteiger charge is 2.37. The van der Waals surface area contributed by atoms with Crippen molar-refractivity contribution in [2.75, 3.05) is 32.7 Å². The minimum absolute atomic E-state index is 0.0728. The molecular weight excluding hydrogens is 314 g/mol. The largest absolute Gasteiger partial charge is 0.387 e. The van der Waals surface area contributed by atoms with Crippen LogP contribution in [0.4, 0.5) is 0 Å². The van der Waals surface area contributed by atoms with Gasteiger partial charge in [0.05, 0.1) is 12.1 Å². The smallest absolute Gasteiger partial charge is 0.273 e. The molecule has 2 aliphatic rings. The Morgan fingerprint density at radius 1 is 1.12 bits per heavy atom. The Balaban J connectivity index is 1.55. The van der Waals surface area contributed by atoms with Crippen LogP contribution in [0.2, 0.25) is 0 Å². The molecule has 2 aromatic rings. The van der Waals surface area contributed by atoms with Crippen molar-refractivity contribution in [1.82, 2.24) is 14.8 Å². The fourth-order valence-corrected chi connectivity index (χ4v) is 4.21. The maximum Gasteiger partial charge on any atom is 0.273 e. The van der Waals surface area contributed by atoms with Gasteiger partial charge in [-0.25, -0.2) is 0 Å². The summed E-state index contributed by atoms with van der Waals surface area (Å²) in [6, 6.07) is 9.75. The second-order valence-electron chi connectivity index (χ2n) is 7.42. The van der Waals surface area contributed by atoms with Gasteiger partial charge in [-0.15, -0.1) is 0 Å². The lowest BCUT2D eigenvalue weighted by Gasteiger charge is -2.41. The molecular formula is C20H25N3O2. The molecule has 25 heavy (non-hydrogen) atoms. The van der Waals surface area contributed by atoms with Crippen molar-refractivity contribution in [3.05, 3.63) is 42.2 Å². The second-order valence-corrected chi connectivity index (χ2v) is 7.42. The summed E-state index contributed by atoms with van der Waals surface area (Å²) in [5.41, 5.74) is -0.313. The van der Waals surface area contributed by atoms with E-state index in [9.17, 15) is 9.90 Å². The van der Waals surface area contributed by atoms with E-state index >= 15 is 0 Å². The molecule has 0 saturated carbocycles. The van der Waals surface area contributed by atoms with Crippen LogP contribution in [0.5, 0.6) is 0 Å². The van der Waals surface area contributed by atoms with Gasteiger partial charge in [-0.3, -0.25) is 9.78 Å². The van der Waals surface area contributed by atoms with E-state index in [1.165, 1.54) is 12.8 Å². The Kier molecular flexibility index (Phi) is 4.44. The van der Waals surface area contributed by atoms with E-state index < -0.39 is 5.60 Å². The van der Waals surface area contributed by atoms with E-state index in [1.807, 2.05) is 30.3 Å². The summed E-state index contributed by atoms with van der Waals surface area (Å²) in [6.45, 7) is 3.86. The first-order valence-corrected chi connectivity index (χ1v) is 9.22. The lowest BCUT2D eigenvalue weighted by Crippen LogP contribution is -2.55. The van der Waals surface area contributed by atoms with Crippen LogP contribution in [-0.4, -0.2) is 64.1 Å². The Morgan fingerprint density at radius 2 is 1.92 bits per heavy atom. The SMILES string of the molecule is O=C(c1nccc2ccccc12)N1CCC[C@@](O)(CN2CCCC2)C1. The first-order valence-electron chi connectivity index (χ1n) is 9.22. The van der Waals surface area contributed by atoms with Gasteiger partial charge in [0.2, 0.25) is 0 Å². The first kappa shape index (κ1) is 16.5. The number of carbonyl (C=O) groups is 1. The standard InChI is InChI=1S/C20H25N3O2/c24-19(18-17-7-2-1-6-16(17)8-10-21-18)23-13-5-9-20(25,15-23)14-22-11-3-4-12-22/h1-2,6-8,10,25H,3-5,9,11-15H2/t20-/m1/s1. The molecule has 1 N–H and O–H groups in total. The summed E-state index contributed by atoms with van der Waals surface area (Å²) >= 11 is 0. The van der Waals surface area contributed by atoms with Crippen molar-refractivity contribution in [1.29, 1.82) is 0 Å². The van der Waals surface area contributed by atoms with E-state index in [-0.39, 0.29) is 5.91 Å². The number of piperidine rings is 1. The first-order chi connectivity index (χ1) is 12.1. The summed E-state index contributed by atoms with van der Waals surface area (Å²) in [5, 5.41) is 13.0.